The van der Waals surface area contributed by atoms with Crippen LogP contribution >= 0.6 is 0 Å². The molecule has 30 heteroatoms. The monoisotopic (exact) mass is 1120 g/mol. The van der Waals surface area contributed by atoms with Crippen molar-refractivity contribution in [3.8, 4) is 0 Å². The van der Waals surface area contributed by atoms with Crippen LogP contribution in [0.5, 0.6) is 0 Å². The molecule has 30 nitrogen and oxygen atoms in total. The van der Waals surface area contributed by atoms with Crippen molar-refractivity contribution >= 4 is 77.0 Å². The molecule has 0 heterocycles. The highest BCUT2D eigenvalue weighted by Gasteiger charge is 2.35. The van der Waals surface area contributed by atoms with Gasteiger partial charge in [-0.2, -0.15) is 0 Å². The SMILES string of the molecule is CCCCC[C@H](NC(=O)CNC(=O)[C@H](CC(=O)O)NC(=O)[C@@H](NC(=O)[C@H](CCC(=O)O)NC(=O)[C@H](CC(=O)O)NC(=O)CN=[N+]=[N-])C(C)C)C(=O)N[C@@H](CCCCC)C(=O)N[C@@H](CCCCC)C(=O)N[C@@H](CCCCN)C(N)=O. The number of hydrogen-bond donors (Lipinski definition) is 14. The molecule has 0 fully saturated rings. The number of amides is 10. The molecule has 0 bridgehead atoms. The number of aliphatic carboxylic acids is 3. The zero-order valence-corrected chi connectivity index (χ0v) is 45.9. The minimum absolute atomic E-state index is 0.0859. The molecule has 0 aromatic heterocycles. The van der Waals surface area contributed by atoms with Gasteiger partial charge >= 0.3 is 17.9 Å². The number of carboxylic acids is 3. The summed E-state index contributed by atoms with van der Waals surface area (Å²) < 4.78 is 0. The molecule has 0 aromatic carbocycles. The number of azide groups is 1. The topological polar surface area (TPSA) is 492 Å². The van der Waals surface area contributed by atoms with E-state index in [0.717, 1.165) is 25.7 Å². The van der Waals surface area contributed by atoms with Crippen molar-refractivity contribution in [3.63, 3.8) is 0 Å². The zero-order chi connectivity index (χ0) is 60.0. The van der Waals surface area contributed by atoms with Crippen LogP contribution in [0.3, 0.4) is 0 Å². The van der Waals surface area contributed by atoms with E-state index < -0.39 is 170 Å². The van der Waals surface area contributed by atoms with E-state index in [4.69, 9.17) is 17.0 Å². The fraction of sp³-hybridized carbons (Fsp3) is 0.735. The molecule has 0 saturated carbocycles. The number of carbonyl (C=O) groups excluding carboxylic acids is 10. The Bertz CT molecular complexity index is 2110. The number of primary amides is 1. The summed E-state index contributed by atoms with van der Waals surface area (Å²) in [5.74, 6) is -15.0. The van der Waals surface area contributed by atoms with Gasteiger partial charge in [-0.1, -0.05) is 97.5 Å². The number of carboxylic acid groups (broad SMARTS) is 3. The van der Waals surface area contributed by atoms with Crippen molar-refractivity contribution in [2.45, 2.75) is 205 Å². The molecule has 0 rings (SSSR count). The van der Waals surface area contributed by atoms with Gasteiger partial charge in [-0.15, -0.1) is 0 Å². The van der Waals surface area contributed by atoms with Crippen LogP contribution < -0.4 is 59.3 Å². The molecule has 8 atom stereocenters. The van der Waals surface area contributed by atoms with Gasteiger partial charge in [0.1, 0.15) is 54.9 Å². The predicted octanol–water partition coefficient (Wildman–Crippen LogP) is -0.883. The third-order valence-electron chi connectivity index (χ3n) is 12.1. The highest BCUT2D eigenvalue weighted by molar-refractivity contribution is 5.99. The second-order valence-corrected chi connectivity index (χ2v) is 19.2. The summed E-state index contributed by atoms with van der Waals surface area (Å²) in [7, 11) is 0. The highest BCUT2D eigenvalue weighted by Crippen LogP contribution is 2.12. The lowest BCUT2D eigenvalue weighted by Crippen LogP contribution is -2.60. The fourth-order valence-electron chi connectivity index (χ4n) is 7.70. The van der Waals surface area contributed by atoms with E-state index in [1.54, 1.807) is 0 Å². The van der Waals surface area contributed by atoms with E-state index in [-0.39, 0.29) is 25.7 Å². The van der Waals surface area contributed by atoms with Crippen molar-refractivity contribution in [2.75, 3.05) is 19.6 Å². The summed E-state index contributed by atoms with van der Waals surface area (Å²) in [6.45, 7) is 7.37. The minimum Gasteiger partial charge on any atom is -0.481 e. The van der Waals surface area contributed by atoms with Crippen LogP contribution in [0.15, 0.2) is 5.11 Å². The van der Waals surface area contributed by atoms with Gasteiger partial charge in [0, 0.05) is 11.3 Å². The van der Waals surface area contributed by atoms with E-state index in [1.165, 1.54) is 13.8 Å². The molecule has 10 amide bonds. The van der Waals surface area contributed by atoms with Gasteiger partial charge < -0.3 is 74.6 Å². The van der Waals surface area contributed by atoms with E-state index >= 15 is 0 Å². The zero-order valence-electron chi connectivity index (χ0n) is 45.9. The number of rotatable bonds is 44. The van der Waals surface area contributed by atoms with Crippen molar-refractivity contribution in [1.82, 2.24) is 47.9 Å². The van der Waals surface area contributed by atoms with Gasteiger partial charge in [-0.05, 0) is 62.9 Å². The third kappa shape index (κ3) is 31.4. The van der Waals surface area contributed by atoms with Gasteiger partial charge in [0.15, 0.2) is 0 Å². The summed E-state index contributed by atoms with van der Waals surface area (Å²) >= 11 is 0. The summed E-state index contributed by atoms with van der Waals surface area (Å²) in [5, 5.41) is 52.9. The first kappa shape index (κ1) is 71.4. The molecule has 79 heavy (non-hydrogen) atoms. The minimum atomic E-state index is -1.89. The quantitative estimate of drug-likeness (QED) is 0.0152. The lowest BCUT2D eigenvalue weighted by atomic mass is 10.0. The predicted molar refractivity (Wildman–Crippen MR) is 283 cm³/mol. The van der Waals surface area contributed by atoms with Crippen LogP contribution in [0, 0.1) is 5.92 Å². The van der Waals surface area contributed by atoms with Crippen LogP contribution in [-0.2, 0) is 62.3 Å². The first-order valence-electron chi connectivity index (χ1n) is 26.7. The van der Waals surface area contributed by atoms with E-state index in [2.05, 4.69) is 52.6 Å². The maximum absolute atomic E-state index is 14.0. The van der Waals surface area contributed by atoms with Crippen molar-refractivity contribution < 1.29 is 77.6 Å². The molecule has 16 N–H and O–H groups in total. The second kappa shape index (κ2) is 40.6. The number of hydrogen-bond acceptors (Lipinski definition) is 15. The molecule has 0 spiro atoms. The molecular formula is C49H84N14O16. The average Bonchev–Trinajstić information content (AvgIpc) is 3.38. The normalized spacial score (nSPS) is 13.9. The maximum atomic E-state index is 14.0. The molecular weight excluding hydrogens is 1040 g/mol. The summed E-state index contributed by atoms with van der Waals surface area (Å²) in [5.41, 5.74) is 19.7. The average molecular weight is 1130 g/mol. The maximum Gasteiger partial charge on any atom is 0.305 e. The van der Waals surface area contributed by atoms with Crippen LogP contribution in [-0.4, -0.2) is 160 Å². The summed E-state index contributed by atoms with van der Waals surface area (Å²) in [6, 6.07) is -11.7. The standard InChI is InChI=1S/C49H84N14O16/c1-6-9-12-18-30(44(74)58-32(20-14-11-8-3)46(76)59-31(19-13-10-7-2)45(75)57-29(42(51)72)17-15-16-23-50)55-36(64)26-53-43(73)34(24-39(68)69)61-49(79)41(28(4)5)62-47(77)33(21-22-38(66)67)60-48(78)35(25-40(70)71)56-37(65)27-54-63-52/h28-35,41H,6-27,50H2,1-5H3,(H2,51,72)(H,53,73)(H,55,64)(H,56,65)(H,57,75)(H,58,74)(H,59,76)(H,60,78)(H,61,79)(H,62,77)(H,66,67)(H,68,69)(H,70,71)/t29-,30-,31-,32-,33-,34-,35-,41-/m0/s1. The Hall–Kier alpha value is -7.62. The lowest BCUT2D eigenvalue weighted by Gasteiger charge is -2.27. The molecule has 0 saturated heterocycles. The number of nitrogens with two attached hydrogens (primary N) is 2. The number of nitrogens with zero attached hydrogens (tertiary/aromatic N) is 3. The van der Waals surface area contributed by atoms with Crippen molar-refractivity contribution in [2.24, 2.45) is 22.5 Å². The fourth-order valence-corrected chi connectivity index (χ4v) is 7.70. The molecule has 0 unspecified atom stereocenters. The van der Waals surface area contributed by atoms with Crippen LogP contribution in [0.4, 0.5) is 0 Å². The molecule has 0 aliphatic carbocycles. The molecule has 446 valence electrons. The molecule has 0 aliphatic rings. The van der Waals surface area contributed by atoms with E-state index in [0.29, 0.717) is 51.5 Å². The molecule has 0 aromatic rings. The Morgan fingerprint density at radius 3 is 1.27 bits per heavy atom. The lowest BCUT2D eigenvalue weighted by molar-refractivity contribution is -0.142. The number of unbranched alkanes of at least 4 members (excludes halogenated alkanes) is 7. The van der Waals surface area contributed by atoms with Gasteiger partial charge in [0.2, 0.25) is 59.1 Å². The summed E-state index contributed by atoms with van der Waals surface area (Å²) in [4.78, 5) is 171. The van der Waals surface area contributed by atoms with Gasteiger partial charge in [0.05, 0.1) is 19.4 Å². The highest BCUT2D eigenvalue weighted by atomic mass is 16.4. The second-order valence-electron chi connectivity index (χ2n) is 19.2. The first-order valence-corrected chi connectivity index (χ1v) is 26.7. The van der Waals surface area contributed by atoms with Gasteiger partial charge in [-0.3, -0.25) is 62.3 Å². The third-order valence-corrected chi connectivity index (χ3v) is 12.1. The van der Waals surface area contributed by atoms with Crippen molar-refractivity contribution in [1.29, 1.82) is 0 Å². The van der Waals surface area contributed by atoms with E-state index in [1.807, 2.05) is 26.1 Å². The Labute approximate surface area is 459 Å². The largest absolute Gasteiger partial charge is 0.481 e. The summed E-state index contributed by atoms with van der Waals surface area (Å²) in [6.07, 6.45) is 4.23. The number of nitrogens with one attached hydrogen (secondary N) is 9. The smallest absolute Gasteiger partial charge is 0.305 e. The van der Waals surface area contributed by atoms with Crippen LogP contribution in [0.2, 0.25) is 0 Å². The van der Waals surface area contributed by atoms with Crippen molar-refractivity contribution in [3.05, 3.63) is 10.4 Å². The van der Waals surface area contributed by atoms with Crippen LogP contribution in [0.1, 0.15) is 157 Å². The Morgan fingerprint density at radius 2 is 0.848 bits per heavy atom. The van der Waals surface area contributed by atoms with E-state index in [9.17, 15) is 77.6 Å². The van der Waals surface area contributed by atoms with Gasteiger partial charge in [-0.25, -0.2) is 0 Å². The Morgan fingerprint density at radius 1 is 0.468 bits per heavy atom. The Kier molecular flexibility index (Phi) is 36.7. The first-order chi connectivity index (χ1) is 37.3. The molecule has 0 aliphatic heterocycles. The molecule has 0 radical (unpaired) electrons. The Balaban J connectivity index is 6.44. The number of carbonyl (C=O) groups is 13. The van der Waals surface area contributed by atoms with Gasteiger partial charge in [0.25, 0.3) is 0 Å². The van der Waals surface area contributed by atoms with Crippen LogP contribution in [0.25, 0.3) is 10.4 Å².